The summed E-state index contributed by atoms with van der Waals surface area (Å²) in [6, 6.07) is 6.33. The minimum absolute atomic E-state index is 0.0500. The second-order valence-electron chi connectivity index (χ2n) is 8.95. The molecule has 1 aliphatic heterocycles. The minimum atomic E-state index is -0.0500. The summed E-state index contributed by atoms with van der Waals surface area (Å²) in [4.78, 5) is 27.4. The van der Waals surface area contributed by atoms with Gasteiger partial charge < -0.3 is 15.2 Å². The molecule has 34 heavy (non-hydrogen) atoms. The van der Waals surface area contributed by atoms with E-state index in [-0.39, 0.29) is 11.9 Å². The van der Waals surface area contributed by atoms with E-state index in [0.29, 0.717) is 24.8 Å². The Hall–Kier alpha value is -3.70. The monoisotopic (exact) mass is 468 g/mol. The molecule has 6 rings (SSSR count). The van der Waals surface area contributed by atoms with E-state index in [1.165, 1.54) is 41.4 Å². The lowest BCUT2D eigenvalue weighted by atomic mass is 9.86. The first-order chi connectivity index (χ1) is 16.6. The molecule has 0 radical (unpaired) electrons. The van der Waals surface area contributed by atoms with Crippen molar-refractivity contribution in [2.24, 2.45) is 0 Å². The van der Waals surface area contributed by atoms with E-state index in [0.717, 1.165) is 34.1 Å². The van der Waals surface area contributed by atoms with Gasteiger partial charge in [0.2, 0.25) is 5.91 Å². The summed E-state index contributed by atoms with van der Waals surface area (Å²) in [6.45, 7) is 4.89. The van der Waals surface area contributed by atoms with Gasteiger partial charge in [-0.25, -0.2) is 15.0 Å². The van der Waals surface area contributed by atoms with Crippen molar-refractivity contribution in [1.29, 1.82) is 0 Å². The summed E-state index contributed by atoms with van der Waals surface area (Å²) in [5, 5.41) is 2.00. The van der Waals surface area contributed by atoms with Gasteiger partial charge in [-0.15, -0.1) is 11.3 Å². The second-order valence-corrected chi connectivity index (χ2v) is 10.0. The van der Waals surface area contributed by atoms with Crippen molar-refractivity contribution < 1.29 is 4.79 Å². The van der Waals surface area contributed by atoms with Crippen molar-refractivity contribution in [2.45, 2.75) is 37.6 Å². The van der Waals surface area contributed by atoms with Gasteiger partial charge in [-0.2, -0.15) is 0 Å². The average molecular weight is 469 g/mol. The highest BCUT2D eigenvalue weighted by molar-refractivity contribution is 7.18. The summed E-state index contributed by atoms with van der Waals surface area (Å²) < 4.78 is 3.30. The third kappa shape index (κ3) is 3.53. The molecule has 0 unspecified atom stereocenters. The topological polar surface area (TPSA) is 89.9 Å². The van der Waals surface area contributed by atoms with Crippen molar-refractivity contribution in [3.63, 3.8) is 0 Å². The molecule has 1 saturated heterocycles. The molecule has 2 N–H and O–H groups in total. The maximum absolute atomic E-state index is 12.1. The van der Waals surface area contributed by atoms with Gasteiger partial charge >= 0.3 is 0 Å². The summed E-state index contributed by atoms with van der Waals surface area (Å²) >= 11 is 1.80. The lowest BCUT2D eigenvalue weighted by Gasteiger charge is -2.22. The Bertz CT molecular complexity index is 1500. The zero-order valence-electron chi connectivity index (χ0n) is 18.7. The summed E-state index contributed by atoms with van der Waals surface area (Å²) in [5.74, 6) is 7.58. The van der Waals surface area contributed by atoms with Crippen LogP contribution < -0.4 is 5.73 Å². The van der Waals surface area contributed by atoms with E-state index in [1.54, 1.807) is 16.2 Å². The number of thiazole rings is 1. The molecule has 0 spiro atoms. The van der Waals surface area contributed by atoms with Gasteiger partial charge in [0.05, 0.1) is 32.2 Å². The highest BCUT2D eigenvalue weighted by atomic mass is 32.1. The van der Waals surface area contributed by atoms with Crippen LogP contribution in [0.25, 0.3) is 21.3 Å². The Labute approximate surface area is 201 Å². The molecule has 7 nitrogen and oxygen atoms in total. The number of likely N-dealkylation sites (tertiary alicyclic amines) is 1. The van der Waals surface area contributed by atoms with Gasteiger partial charge in [0.25, 0.3) is 0 Å². The van der Waals surface area contributed by atoms with E-state index in [4.69, 9.17) is 10.7 Å². The number of hydrogen-bond donors (Lipinski definition) is 1. The highest BCUT2D eigenvalue weighted by Crippen LogP contribution is 2.40. The van der Waals surface area contributed by atoms with Crippen LogP contribution in [0.15, 0.2) is 43.4 Å². The first-order valence-electron chi connectivity index (χ1n) is 11.6. The summed E-state index contributed by atoms with van der Waals surface area (Å²) in [7, 11) is 0. The molecule has 2 fully saturated rings. The molecule has 8 heteroatoms. The van der Waals surface area contributed by atoms with Gasteiger partial charge in [-0.1, -0.05) is 24.8 Å². The fourth-order valence-corrected chi connectivity index (χ4v) is 5.89. The van der Waals surface area contributed by atoms with E-state index >= 15 is 0 Å². The number of amides is 1. The molecule has 1 aliphatic carbocycles. The number of nitrogen functional groups attached to an aromatic ring is 1. The third-order valence-corrected chi connectivity index (χ3v) is 8.08. The van der Waals surface area contributed by atoms with Crippen LogP contribution in [-0.2, 0) is 4.79 Å². The molecule has 4 aromatic rings. The first-order valence-corrected chi connectivity index (χ1v) is 12.4. The zero-order chi connectivity index (χ0) is 23.2. The number of nitrogens with zero attached hydrogens (tertiary/aromatic N) is 5. The number of anilines is 1. The zero-order valence-corrected chi connectivity index (χ0v) is 19.5. The number of rotatable bonds is 3. The van der Waals surface area contributed by atoms with E-state index < -0.39 is 0 Å². The number of hydrogen-bond acceptors (Lipinski definition) is 6. The van der Waals surface area contributed by atoms with E-state index in [1.807, 2.05) is 12.3 Å². The standard InChI is InChI=1S/C26H24N6OS/c1-2-22(33)31-11-10-19(14-31)32-13-18(23-24(27)28-15-29-25(23)32)8-6-16-7-9-21-20(12-16)30-26(34-21)17-4-3-5-17/h2,7,9,12-13,15,17,19H,1,3-5,10-11,14H2,(H2,27,28,29)/t19-/m0/s1. The van der Waals surface area contributed by atoms with E-state index in [9.17, 15) is 4.79 Å². The van der Waals surface area contributed by atoms with Crippen LogP contribution in [0.4, 0.5) is 5.82 Å². The number of carbonyl (C=O) groups excluding carboxylic acids is 1. The lowest BCUT2D eigenvalue weighted by Crippen LogP contribution is -2.27. The van der Waals surface area contributed by atoms with Gasteiger partial charge in [0.1, 0.15) is 17.8 Å². The van der Waals surface area contributed by atoms with Crippen LogP contribution in [0.3, 0.4) is 0 Å². The van der Waals surface area contributed by atoms with Gasteiger partial charge in [-0.05, 0) is 43.5 Å². The third-order valence-electron chi connectivity index (χ3n) is 6.88. The summed E-state index contributed by atoms with van der Waals surface area (Å²) in [5.41, 5.74) is 9.70. The second kappa shape index (κ2) is 8.26. The molecular formula is C26H24N6OS. The number of fused-ring (bicyclic) bond motifs is 2. The van der Waals surface area contributed by atoms with Crippen LogP contribution in [0, 0.1) is 11.8 Å². The van der Waals surface area contributed by atoms with Crippen molar-refractivity contribution in [3.8, 4) is 11.8 Å². The number of benzene rings is 1. The molecular weight excluding hydrogens is 444 g/mol. The van der Waals surface area contributed by atoms with Crippen LogP contribution in [0.1, 0.15) is 53.8 Å². The number of carbonyl (C=O) groups is 1. The molecule has 4 heterocycles. The largest absolute Gasteiger partial charge is 0.383 e. The number of aromatic nitrogens is 4. The lowest BCUT2D eigenvalue weighted by molar-refractivity contribution is -0.125. The van der Waals surface area contributed by atoms with Crippen molar-refractivity contribution in [2.75, 3.05) is 18.8 Å². The Kier molecular flexibility index (Phi) is 5.07. The first kappa shape index (κ1) is 20.9. The van der Waals surface area contributed by atoms with Gasteiger partial charge in [-0.3, -0.25) is 4.79 Å². The van der Waals surface area contributed by atoms with Crippen molar-refractivity contribution in [3.05, 3.63) is 59.5 Å². The molecule has 1 atom stereocenters. The average Bonchev–Trinajstić information content (AvgIpc) is 3.52. The predicted octanol–water partition coefficient (Wildman–Crippen LogP) is 4.25. The molecule has 1 aromatic carbocycles. The fourth-order valence-electron chi connectivity index (χ4n) is 4.77. The molecule has 2 aliphatic rings. The van der Waals surface area contributed by atoms with Crippen LogP contribution >= 0.6 is 11.3 Å². The normalized spacial score (nSPS) is 18.1. The predicted molar refractivity (Wildman–Crippen MR) is 135 cm³/mol. The van der Waals surface area contributed by atoms with Crippen LogP contribution in [-0.4, -0.2) is 43.4 Å². The van der Waals surface area contributed by atoms with Crippen LogP contribution in [0.2, 0.25) is 0 Å². The highest BCUT2D eigenvalue weighted by Gasteiger charge is 2.28. The Balaban J connectivity index is 1.35. The summed E-state index contributed by atoms with van der Waals surface area (Å²) in [6.07, 6.45) is 9.47. The Morgan fingerprint density at radius 2 is 2.12 bits per heavy atom. The molecule has 170 valence electrons. The maximum Gasteiger partial charge on any atom is 0.246 e. The van der Waals surface area contributed by atoms with Crippen molar-refractivity contribution in [1.82, 2.24) is 24.4 Å². The molecule has 3 aromatic heterocycles. The van der Waals surface area contributed by atoms with Crippen molar-refractivity contribution >= 4 is 44.3 Å². The van der Waals surface area contributed by atoms with Gasteiger partial charge in [0, 0.05) is 30.8 Å². The minimum Gasteiger partial charge on any atom is -0.383 e. The Morgan fingerprint density at radius 3 is 2.91 bits per heavy atom. The fraction of sp³-hybridized carbons (Fsp3) is 0.308. The molecule has 0 bridgehead atoms. The van der Waals surface area contributed by atoms with Crippen LogP contribution in [0.5, 0.6) is 0 Å². The molecule has 1 amide bonds. The smallest absolute Gasteiger partial charge is 0.246 e. The molecule has 1 saturated carbocycles. The number of nitrogens with two attached hydrogens (primary N) is 1. The quantitative estimate of drug-likeness (QED) is 0.359. The van der Waals surface area contributed by atoms with E-state index in [2.05, 4.69) is 45.1 Å². The van der Waals surface area contributed by atoms with Gasteiger partial charge in [0.15, 0.2) is 0 Å². The SMILES string of the molecule is C=CC(=O)N1CC[C@H](n2cc(C#Cc3ccc4sc(C5CCC5)nc4c3)c3c(N)ncnc32)C1. The maximum atomic E-state index is 12.1. The Morgan fingerprint density at radius 1 is 1.24 bits per heavy atom.